The zero-order valence-electron chi connectivity index (χ0n) is 16.4. The Morgan fingerprint density at radius 3 is 1.96 bits per heavy atom. The Bertz CT molecular complexity index is 330. The lowest BCUT2D eigenvalue weighted by Gasteiger charge is -2.03. The van der Waals surface area contributed by atoms with Gasteiger partial charge in [-0.25, -0.2) is 0 Å². The van der Waals surface area contributed by atoms with E-state index in [1.807, 2.05) is 0 Å². The average molecular weight is 353 g/mol. The second kappa shape index (κ2) is 20.9. The third kappa shape index (κ3) is 20.8. The van der Waals surface area contributed by atoms with Crippen molar-refractivity contribution in [3.8, 4) is 0 Å². The van der Waals surface area contributed by atoms with Crippen molar-refractivity contribution in [1.29, 1.82) is 0 Å². The molecule has 0 spiro atoms. The summed E-state index contributed by atoms with van der Waals surface area (Å²) in [6.07, 6.45) is 22.4. The van der Waals surface area contributed by atoms with Crippen LogP contribution in [0.1, 0.15) is 103 Å². The fourth-order valence-corrected chi connectivity index (χ4v) is 2.82. The first-order chi connectivity index (χ1) is 12.3. The molecule has 0 fully saturated rings. The van der Waals surface area contributed by atoms with E-state index < -0.39 is 0 Å². The Labute approximate surface area is 155 Å². The van der Waals surface area contributed by atoms with Gasteiger partial charge in [-0.2, -0.15) is 4.91 Å². The highest BCUT2D eigenvalue weighted by Gasteiger charge is 2.00. The smallest absolute Gasteiger partial charge is 0.219 e. The molecule has 4 heteroatoms. The molecule has 0 aliphatic heterocycles. The zero-order valence-corrected chi connectivity index (χ0v) is 16.4. The number of rotatable bonds is 19. The number of nitroso groups, excluding NO2 is 1. The Morgan fingerprint density at radius 2 is 1.36 bits per heavy atom. The predicted molar refractivity (Wildman–Crippen MR) is 108 cm³/mol. The molecule has 0 saturated heterocycles. The van der Waals surface area contributed by atoms with Crippen LogP contribution < -0.4 is 5.32 Å². The van der Waals surface area contributed by atoms with Crippen LogP contribution in [0, 0.1) is 4.91 Å². The lowest BCUT2D eigenvalue weighted by Crippen LogP contribution is -2.24. The third-order valence-electron chi connectivity index (χ3n) is 4.41. The van der Waals surface area contributed by atoms with Gasteiger partial charge in [0.15, 0.2) is 0 Å². The van der Waals surface area contributed by atoms with Crippen LogP contribution in [0.25, 0.3) is 0 Å². The molecule has 0 aromatic heterocycles. The lowest BCUT2D eigenvalue weighted by atomic mass is 10.1. The fourth-order valence-electron chi connectivity index (χ4n) is 2.82. The molecule has 0 aliphatic carbocycles. The molecule has 0 rings (SSSR count). The summed E-state index contributed by atoms with van der Waals surface area (Å²) in [6.45, 7) is 3.11. The van der Waals surface area contributed by atoms with Crippen LogP contribution in [0.15, 0.2) is 17.3 Å². The summed E-state index contributed by atoms with van der Waals surface area (Å²) in [5.41, 5.74) is 0. The van der Waals surface area contributed by atoms with Crippen molar-refractivity contribution >= 4 is 5.91 Å². The SMILES string of the molecule is CCCCCCCCC=CCCCCCCCC(=O)NCCCN=O. The first-order valence-electron chi connectivity index (χ1n) is 10.5. The Morgan fingerprint density at radius 1 is 0.800 bits per heavy atom. The molecule has 0 saturated carbocycles. The van der Waals surface area contributed by atoms with E-state index in [1.54, 1.807) is 0 Å². The van der Waals surface area contributed by atoms with Gasteiger partial charge in [0.2, 0.25) is 5.91 Å². The van der Waals surface area contributed by atoms with Crippen LogP contribution in [0.3, 0.4) is 0 Å². The molecule has 0 bridgehead atoms. The number of nitrogens with one attached hydrogen (secondary N) is 1. The van der Waals surface area contributed by atoms with E-state index >= 15 is 0 Å². The molecule has 0 radical (unpaired) electrons. The molecule has 0 unspecified atom stereocenters. The average Bonchev–Trinajstić information content (AvgIpc) is 2.62. The molecule has 0 aromatic rings. The highest BCUT2D eigenvalue weighted by atomic mass is 16.3. The van der Waals surface area contributed by atoms with Crippen molar-refractivity contribution in [3.63, 3.8) is 0 Å². The van der Waals surface area contributed by atoms with E-state index in [2.05, 4.69) is 29.6 Å². The van der Waals surface area contributed by atoms with Gasteiger partial charge in [-0.3, -0.25) is 4.79 Å². The van der Waals surface area contributed by atoms with E-state index in [1.165, 1.54) is 70.6 Å². The number of hydrogen-bond acceptors (Lipinski definition) is 3. The minimum atomic E-state index is 0.100. The fraction of sp³-hybridized carbons (Fsp3) is 0.857. The summed E-state index contributed by atoms with van der Waals surface area (Å²) in [4.78, 5) is 21.4. The van der Waals surface area contributed by atoms with Gasteiger partial charge < -0.3 is 5.32 Å². The Hall–Kier alpha value is -1.19. The van der Waals surface area contributed by atoms with Crippen molar-refractivity contribution < 1.29 is 4.79 Å². The summed E-state index contributed by atoms with van der Waals surface area (Å²) < 4.78 is 0. The van der Waals surface area contributed by atoms with Crippen LogP contribution in [0.2, 0.25) is 0 Å². The number of unbranched alkanes of at least 4 members (excludes halogenated alkanes) is 11. The van der Waals surface area contributed by atoms with Gasteiger partial charge in [-0.05, 0) is 38.5 Å². The van der Waals surface area contributed by atoms with Crippen LogP contribution >= 0.6 is 0 Å². The number of carbonyl (C=O) groups excluding carboxylic acids is 1. The largest absolute Gasteiger partial charge is 0.356 e. The van der Waals surface area contributed by atoms with Crippen molar-refractivity contribution in [2.45, 2.75) is 103 Å². The molecule has 1 N–H and O–H groups in total. The molecular formula is C21H40N2O2. The molecule has 0 aliphatic rings. The molecule has 25 heavy (non-hydrogen) atoms. The standard InChI is InChI=1S/C21H40N2O2/c1-2-3-4-5-6-7-8-9-10-11-12-13-14-15-16-18-21(24)22-19-17-20-23-25/h9-10H,2-8,11-20H2,1H3,(H,22,24). The zero-order chi connectivity index (χ0) is 18.4. The van der Waals surface area contributed by atoms with Gasteiger partial charge in [0, 0.05) is 13.0 Å². The minimum absolute atomic E-state index is 0.100. The van der Waals surface area contributed by atoms with Gasteiger partial charge in [0.25, 0.3) is 0 Å². The summed E-state index contributed by atoms with van der Waals surface area (Å²) >= 11 is 0. The normalized spacial score (nSPS) is 11.1. The second-order valence-electron chi connectivity index (χ2n) is 6.89. The number of allylic oxidation sites excluding steroid dienone is 2. The van der Waals surface area contributed by atoms with Crippen LogP contribution in [0.4, 0.5) is 0 Å². The Kier molecular flexibility index (Phi) is 19.9. The molecule has 1 amide bonds. The Balaban J connectivity index is 3.18. The quantitative estimate of drug-likeness (QED) is 0.168. The van der Waals surface area contributed by atoms with Gasteiger partial charge in [0.05, 0.1) is 6.54 Å². The van der Waals surface area contributed by atoms with Crippen molar-refractivity contribution in [1.82, 2.24) is 5.32 Å². The van der Waals surface area contributed by atoms with Crippen LogP contribution in [0.5, 0.6) is 0 Å². The topological polar surface area (TPSA) is 58.5 Å². The van der Waals surface area contributed by atoms with Crippen LogP contribution in [-0.2, 0) is 4.79 Å². The van der Waals surface area contributed by atoms with E-state index in [4.69, 9.17) is 0 Å². The number of amides is 1. The first kappa shape index (κ1) is 23.8. The van der Waals surface area contributed by atoms with E-state index in [-0.39, 0.29) is 12.5 Å². The molecule has 4 nitrogen and oxygen atoms in total. The lowest BCUT2D eigenvalue weighted by molar-refractivity contribution is -0.121. The first-order valence-corrected chi connectivity index (χ1v) is 10.5. The van der Waals surface area contributed by atoms with Crippen molar-refractivity contribution in [3.05, 3.63) is 17.1 Å². The van der Waals surface area contributed by atoms with E-state index in [0.29, 0.717) is 19.4 Å². The van der Waals surface area contributed by atoms with Gasteiger partial charge >= 0.3 is 0 Å². The maximum Gasteiger partial charge on any atom is 0.219 e. The molecular weight excluding hydrogens is 312 g/mol. The number of carbonyl (C=O) groups is 1. The van der Waals surface area contributed by atoms with Gasteiger partial charge in [-0.15, -0.1) is 0 Å². The van der Waals surface area contributed by atoms with Gasteiger partial charge in [0.1, 0.15) is 0 Å². The summed E-state index contributed by atoms with van der Waals surface area (Å²) in [5, 5.41) is 5.59. The number of hydrogen-bond donors (Lipinski definition) is 1. The van der Waals surface area contributed by atoms with Crippen molar-refractivity contribution in [2.75, 3.05) is 13.1 Å². The summed E-state index contributed by atoms with van der Waals surface area (Å²) in [5.74, 6) is 0.100. The van der Waals surface area contributed by atoms with Crippen LogP contribution in [-0.4, -0.2) is 19.0 Å². The predicted octanol–water partition coefficient (Wildman–Crippen LogP) is 6.30. The number of nitrogens with zero attached hydrogens (tertiary/aromatic N) is 1. The van der Waals surface area contributed by atoms with E-state index in [9.17, 15) is 9.70 Å². The molecule has 0 atom stereocenters. The maximum atomic E-state index is 11.5. The van der Waals surface area contributed by atoms with E-state index in [0.717, 1.165) is 12.8 Å². The maximum absolute atomic E-state index is 11.5. The highest BCUT2D eigenvalue weighted by Crippen LogP contribution is 2.09. The second-order valence-corrected chi connectivity index (χ2v) is 6.89. The van der Waals surface area contributed by atoms with Crippen molar-refractivity contribution in [2.24, 2.45) is 5.18 Å². The monoisotopic (exact) mass is 352 g/mol. The molecule has 146 valence electrons. The highest BCUT2D eigenvalue weighted by molar-refractivity contribution is 5.75. The molecule has 0 aromatic carbocycles. The molecule has 0 heterocycles. The third-order valence-corrected chi connectivity index (χ3v) is 4.41. The summed E-state index contributed by atoms with van der Waals surface area (Å²) in [6, 6.07) is 0. The van der Waals surface area contributed by atoms with Gasteiger partial charge in [-0.1, -0.05) is 75.6 Å². The summed E-state index contributed by atoms with van der Waals surface area (Å²) in [7, 11) is 0. The minimum Gasteiger partial charge on any atom is -0.356 e.